The fourth-order valence-corrected chi connectivity index (χ4v) is 2.75. The number of halogens is 1. The van der Waals surface area contributed by atoms with Gasteiger partial charge in [0.25, 0.3) is 0 Å². The molecule has 3 aromatic carbocycles. The Labute approximate surface area is 168 Å². The largest absolute Gasteiger partial charge is 0.495 e. The van der Waals surface area contributed by atoms with Crippen LogP contribution in [-0.2, 0) is 0 Å². The molecule has 2 amide bonds. The monoisotopic (exact) mass is 398 g/mol. The lowest BCUT2D eigenvalue weighted by atomic mass is 10.2. The number of anilines is 2. The Bertz CT molecular complexity index is 964. The average molecular weight is 399 g/mol. The number of methoxy groups -OCH3 is 2. The van der Waals surface area contributed by atoms with Gasteiger partial charge in [-0.3, -0.25) is 0 Å². The number of urea groups is 1. The highest BCUT2D eigenvalue weighted by molar-refractivity contribution is 6.32. The number of nitrogens with one attached hydrogen (secondary N) is 2. The number of rotatable bonds is 6. The minimum atomic E-state index is -0.469. The lowest BCUT2D eigenvalue weighted by Crippen LogP contribution is -2.20. The summed E-state index contributed by atoms with van der Waals surface area (Å²) in [7, 11) is 3.00. The zero-order valence-electron chi connectivity index (χ0n) is 15.4. The number of hydrogen-bond acceptors (Lipinski definition) is 4. The lowest BCUT2D eigenvalue weighted by molar-refractivity contribution is 0.262. The van der Waals surface area contributed by atoms with Gasteiger partial charge in [0, 0.05) is 6.07 Å². The van der Waals surface area contributed by atoms with Crippen LogP contribution in [-0.4, -0.2) is 20.3 Å². The number of carbonyl (C=O) groups is 1. The standard InChI is InChI=1S/C21H19ClN2O4/c1-26-19-13-20(27-2)17(12-15(19)22)24-21(25)23-16-10-6-7-11-18(16)28-14-8-4-3-5-9-14/h3-13H,1-2H3,(H2,23,24,25). The molecule has 0 heterocycles. The van der Waals surface area contributed by atoms with Crippen molar-refractivity contribution < 1.29 is 19.0 Å². The second kappa shape index (κ2) is 9.01. The highest BCUT2D eigenvalue weighted by Crippen LogP contribution is 2.36. The van der Waals surface area contributed by atoms with Crippen molar-refractivity contribution in [1.29, 1.82) is 0 Å². The fraction of sp³-hybridized carbons (Fsp3) is 0.0952. The van der Waals surface area contributed by atoms with E-state index in [-0.39, 0.29) is 0 Å². The summed E-state index contributed by atoms with van der Waals surface area (Å²) < 4.78 is 16.3. The van der Waals surface area contributed by atoms with Crippen molar-refractivity contribution in [2.75, 3.05) is 24.9 Å². The summed E-state index contributed by atoms with van der Waals surface area (Å²) in [5, 5.41) is 5.85. The molecule has 0 fully saturated rings. The van der Waals surface area contributed by atoms with Crippen LogP contribution in [0.2, 0.25) is 5.02 Å². The van der Waals surface area contributed by atoms with Gasteiger partial charge in [-0.1, -0.05) is 41.9 Å². The second-order valence-corrected chi connectivity index (χ2v) is 6.08. The van der Waals surface area contributed by atoms with Gasteiger partial charge in [0.1, 0.15) is 17.2 Å². The Balaban J connectivity index is 1.76. The first-order valence-corrected chi connectivity index (χ1v) is 8.80. The van der Waals surface area contributed by atoms with E-state index in [0.717, 1.165) is 0 Å². The van der Waals surface area contributed by atoms with Crippen LogP contribution in [0.3, 0.4) is 0 Å². The van der Waals surface area contributed by atoms with E-state index in [1.807, 2.05) is 36.4 Å². The molecule has 0 atom stereocenters. The Hall–Kier alpha value is -3.38. The molecular formula is C21H19ClN2O4. The Morgan fingerprint density at radius 1 is 0.786 bits per heavy atom. The average Bonchev–Trinajstić information content (AvgIpc) is 2.70. The minimum Gasteiger partial charge on any atom is -0.495 e. The van der Waals surface area contributed by atoms with Gasteiger partial charge in [-0.25, -0.2) is 4.79 Å². The van der Waals surface area contributed by atoms with Crippen molar-refractivity contribution in [1.82, 2.24) is 0 Å². The van der Waals surface area contributed by atoms with Crippen LogP contribution in [0.15, 0.2) is 66.7 Å². The molecule has 0 aliphatic heterocycles. The number of para-hydroxylation sites is 3. The SMILES string of the molecule is COc1cc(OC)c(NC(=O)Nc2ccccc2Oc2ccccc2)cc1Cl. The van der Waals surface area contributed by atoms with Crippen molar-refractivity contribution in [3.05, 3.63) is 71.8 Å². The van der Waals surface area contributed by atoms with E-state index in [1.165, 1.54) is 14.2 Å². The third kappa shape index (κ3) is 4.66. The third-order valence-electron chi connectivity index (χ3n) is 3.83. The number of carbonyl (C=O) groups excluding carboxylic acids is 1. The molecule has 0 aromatic heterocycles. The van der Waals surface area contributed by atoms with E-state index < -0.39 is 6.03 Å². The van der Waals surface area contributed by atoms with Gasteiger partial charge < -0.3 is 24.8 Å². The molecule has 28 heavy (non-hydrogen) atoms. The van der Waals surface area contributed by atoms with Crippen LogP contribution in [0, 0.1) is 0 Å². The minimum absolute atomic E-state index is 0.353. The molecule has 3 aromatic rings. The van der Waals surface area contributed by atoms with Gasteiger partial charge in [0.2, 0.25) is 0 Å². The van der Waals surface area contributed by atoms with Gasteiger partial charge in [0.05, 0.1) is 30.6 Å². The Kier molecular flexibility index (Phi) is 6.24. The molecule has 0 bridgehead atoms. The third-order valence-corrected chi connectivity index (χ3v) is 4.12. The summed E-state index contributed by atoms with van der Waals surface area (Å²) in [4.78, 5) is 12.5. The molecule has 3 rings (SSSR count). The molecule has 7 heteroatoms. The molecule has 6 nitrogen and oxygen atoms in total. The molecule has 2 N–H and O–H groups in total. The van der Waals surface area contributed by atoms with E-state index in [9.17, 15) is 4.79 Å². The van der Waals surface area contributed by atoms with Crippen LogP contribution in [0.1, 0.15) is 0 Å². The van der Waals surface area contributed by atoms with Crippen LogP contribution < -0.4 is 24.8 Å². The smallest absolute Gasteiger partial charge is 0.323 e. The van der Waals surface area contributed by atoms with Crippen LogP contribution >= 0.6 is 11.6 Å². The van der Waals surface area contributed by atoms with E-state index in [0.29, 0.717) is 39.4 Å². The van der Waals surface area contributed by atoms with E-state index in [4.69, 9.17) is 25.8 Å². The van der Waals surface area contributed by atoms with E-state index in [2.05, 4.69) is 10.6 Å². The highest BCUT2D eigenvalue weighted by atomic mass is 35.5. The summed E-state index contributed by atoms with van der Waals surface area (Å²) in [6.07, 6.45) is 0. The van der Waals surface area contributed by atoms with Gasteiger partial charge >= 0.3 is 6.03 Å². The zero-order valence-corrected chi connectivity index (χ0v) is 16.1. The molecular weight excluding hydrogens is 380 g/mol. The lowest BCUT2D eigenvalue weighted by Gasteiger charge is -2.15. The summed E-state index contributed by atoms with van der Waals surface area (Å²) in [5.74, 6) is 2.06. The number of amides is 2. The van der Waals surface area contributed by atoms with Crippen LogP contribution in [0.5, 0.6) is 23.0 Å². The van der Waals surface area contributed by atoms with Gasteiger partial charge in [-0.05, 0) is 30.3 Å². The molecule has 0 radical (unpaired) electrons. The first kappa shape index (κ1) is 19.4. The fourth-order valence-electron chi connectivity index (χ4n) is 2.51. The second-order valence-electron chi connectivity index (χ2n) is 5.68. The first-order valence-electron chi connectivity index (χ1n) is 8.42. The predicted octanol–water partition coefficient (Wildman–Crippen LogP) is 5.79. The maximum atomic E-state index is 12.5. The predicted molar refractivity (Wildman–Crippen MR) is 110 cm³/mol. The quantitative estimate of drug-likeness (QED) is 0.551. The molecule has 0 aliphatic rings. The molecule has 0 unspecified atom stereocenters. The van der Waals surface area contributed by atoms with E-state index in [1.54, 1.807) is 30.3 Å². The molecule has 0 spiro atoms. The van der Waals surface area contributed by atoms with E-state index >= 15 is 0 Å². The summed E-state index contributed by atoms with van der Waals surface area (Å²) in [5.41, 5.74) is 0.926. The summed E-state index contributed by atoms with van der Waals surface area (Å²) >= 11 is 6.15. The summed E-state index contributed by atoms with van der Waals surface area (Å²) in [6, 6.07) is 19.2. The van der Waals surface area contributed by atoms with Crippen molar-refractivity contribution in [2.24, 2.45) is 0 Å². The Morgan fingerprint density at radius 3 is 2.14 bits per heavy atom. The number of hydrogen-bond donors (Lipinski definition) is 2. The topological polar surface area (TPSA) is 68.8 Å². The van der Waals surface area contributed by atoms with Gasteiger partial charge in [0.15, 0.2) is 5.75 Å². The zero-order chi connectivity index (χ0) is 19.9. The van der Waals surface area contributed by atoms with Gasteiger partial charge in [-0.15, -0.1) is 0 Å². The first-order chi connectivity index (χ1) is 13.6. The van der Waals surface area contributed by atoms with Gasteiger partial charge in [-0.2, -0.15) is 0 Å². The molecule has 0 aliphatic carbocycles. The number of ether oxygens (including phenoxy) is 3. The number of benzene rings is 3. The highest BCUT2D eigenvalue weighted by Gasteiger charge is 2.14. The van der Waals surface area contributed by atoms with Crippen molar-refractivity contribution in [2.45, 2.75) is 0 Å². The maximum absolute atomic E-state index is 12.5. The maximum Gasteiger partial charge on any atom is 0.323 e. The van der Waals surface area contributed by atoms with Crippen LogP contribution in [0.25, 0.3) is 0 Å². The molecule has 0 saturated heterocycles. The Morgan fingerprint density at radius 2 is 1.43 bits per heavy atom. The van der Waals surface area contributed by atoms with Crippen molar-refractivity contribution in [3.8, 4) is 23.0 Å². The summed E-state index contributed by atoms with van der Waals surface area (Å²) in [6.45, 7) is 0. The molecule has 0 saturated carbocycles. The van der Waals surface area contributed by atoms with Crippen LogP contribution in [0.4, 0.5) is 16.2 Å². The van der Waals surface area contributed by atoms with Crippen molar-refractivity contribution in [3.63, 3.8) is 0 Å². The molecule has 144 valence electrons. The normalized spacial score (nSPS) is 10.1. The van der Waals surface area contributed by atoms with Crippen molar-refractivity contribution >= 4 is 29.0 Å².